The number of hydrogen-bond donors (Lipinski definition) is 1. The second-order valence-electron chi connectivity index (χ2n) is 7.13. The Morgan fingerprint density at radius 1 is 1.10 bits per heavy atom. The molecule has 0 aliphatic carbocycles. The van der Waals surface area contributed by atoms with Gasteiger partial charge in [-0.25, -0.2) is 9.97 Å². The molecule has 29 heavy (non-hydrogen) atoms. The number of aryl methyl sites for hydroxylation is 2. The minimum Gasteiger partial charge on any atom is -0.345 e. The average molecular weight is 385 g/mol. The van der Waals surface area contributed by atoms with Crippen molar-refractivity contribution in [2.24, 2.45) is 0 Å². The number of nitrogens with zero attached hydrogens (tertiary/aromatic N) is 4. The van der Waals surface area contributed by atoms with E-state index in [2.05, 4.69) is 58.5 Å². The summed E-state index contributed by atoms with van der Waals surface area (Å²) in [6.45, 7) is 6.03. The van der Waals surface area contributed by atoms with Crippen LogP contribution >= 0.6 is 0 Å². The molecule has 0 saturated carbocycles. The first-order valence-corrected chi connectivity index (χ1v) is 9.71. The SMILES string of the molecule is CC[C@H](NC(=O)c1cnc2c(c1)c(C)nn2-c1ccccn1)c1ccc(C)cc1. The highest BCUT2D eigenvalue weighted by Crippen LogP contribution is 2.22. The summed E-state index contributed by atoms with van der Waals surface area (Å²) in [7, 11) is 0. The van der Waals surface area contributed by atoms with E-state index < -0.39 is 0 Å². The van der Waals surface area contributed by atoms with Gasteiger partial charge in [-0.1, -0.05) is 42.8 Å². The van der Waals surface area contributed by atoms with Crippen molar-refractivity contribution in [2.45, 2.75) is 33.2 Å². The third kappa shape index (κ3) is 3.74. The average Bonchev–Trinajstić information content (AvgIpc) is 3.09. The van der Waals surface area contributed by atoms with Crippen LogP contribution in [0.5, 0.6) is 0 Å². The molecule has 6 nitrogen and oxygen atoms in total. The first kappa shape index (κ1) is 18.8. The van der Waals surface area contributed by atoms with Gasteiger partial charge in [-0.15, -0.1) is 0 Å². The predicted molar refractivity (Wildman–Crippen MR) is 113 cm³/mol. The molecule has 0 spiro atoms. The van der Waals surface area contributed by atoms with Gasteiger partial charge in [-0.3, -0.25) is 4.79 Å². The Balaban J connectivity index is 1.63. The fourth-order valence-electron chi connectivity index (χ4n) is 3.37. The van der Waals surface area contributed by atoms with Gasteiger partial charge in [0.25, 0.3) is 5.91 Å². The van der Waals surface area contributed by atoms with Crippen LogP contribution in [0.2, 0.25) is 0 Å². The first-order chi connectivity index (χ1) is 14.1. The fraction of sp³-hybridized carbons (Fsp3) is 0.217. The van der Waals surface area contributed by atoms with Gasteiger partial charge in [0, 0.05) is 17.8 Å². The molecule has 0 radical (unpaired) electrons. The lowest BCUT2D eigenvalue weighted by Crippen LogP contribution is -2.28. The zero-order valence-electron chi connectivity index (χ0n) is 16.8. The summed E-state index contributed by atoms with van der Waals surface area (Å²) >= 11 is 0. The Kier molecular flexibility index (Phi) is 5.08. The van der Waals surface area contributed by atoms with Crippen molar-refractivity contribution in [3.05, 3.63) is 83.3 Å². The largest absolute Gasteiger partial charge is 0.345 e. The first-order valence-electron chi connectivity index (χ1n) is 9.71. The van der Waals surface area contributed by atoms with Gasteiger partial charge in [-0.2, -0.15) is 9.78 Å². The molecule has 0 saturated heterocycles. The summed E-state index contributed by atoms with van der Waals surface area (Å²) in [6, 6.07) is 15.7. The van der Waals surface area contributed by atoms with Gasteiger partial charge < -0.3 is 5.32 Å². The van der Waals surface area contributed by atoms with E-state index in [1.807, 2.05) is 31.2 Å². The molecule has 1 amide bonds. The number of nitrogens with one attached hydrogen (secondary N) is 1. The summed E-state index contributed by atoms with van der Waals surface area (Å²) in [6.07, 6.45) is 4.12. The molecule has 1 aromatic carbocycles. The molecule has 3 aromatic heterocycles. The summed E-state index contributed by atoms with van der Waals surface area (Å²) in [5, 5.41) is 8.52. The van der Waals surface area contributed by atoms with Gasteiger partial charge in [0.1, 0.15) is 0 Å². The molecule has 1 N–H and O–H groups in total. The highest BCUT2D eigenvalue weighted by Gasteiger charge is 2.17. The lowest BCUT2D eigenvalue weighted by Gasteiger charge is -2.17. The topological polar surface area (TPSA) is 72.7 Å². The van der Waals surface area contributed by atoms with Crippen molar-refractivity contribution in [3.63, 3.8) is 0 Å². The number of hydrogen-bond acceptors (Lipinski definition) is 4. The highest BCUT2D eigenvalue weighted by atomic mass is 16.1. The van der Waals surface area contributed by atoms with E-state index in [0.717, 1.165) is 23.1 Å². The maximum absolute atomic E-state index is 12.9. The third-order valence-corrected chi connectivity index (χ3v) is 5.03. The van der Waals surface area contributed by atoms with Crippen molar-refractivity contribution in [2.75, 3.05) is 0 Å². The van der Waals surface area contributed by atoms with E-state index in [9.17, 15) is 4.79 Å². The van der Waals surface area contributed by atoms with Crippen LogP contribution < -0.4 is 5.32 Å². The lowest BCUT2D eigenvalue weighted by molar-refractivity contribution is 0.0935. The summed E-state index contributed by atoms with van der Waals surface area (Å²) in [5.74, 6) is 0.553. The molecule has 4 aromatic rings. The van der Waals surface area contributed by atoms with Gasteiger partial charge in [-0.05, 0) is 44.0 Å². The molecule has 0 unspecified atom stereocenters. The normalized spacial score (nSPS) is 12.1. The third-order valence-electron chi connectivity index (χ3n) is 5.03. The van der Waals surface area contributed by atoms with Crippen LogP contribution in [0.15, 0.2) is 60.9 Å². The molecule has 4 rings (SSSR count). The quantitative estimate of drug-likeness (QED) is 0.555. The standard InChI is InChI=1S/C23H23N5O/c1-4-20(17-10-8-15(2)9-11-17)26-23(29)18-13-19-16(3)27-28(22(19)25-14-18)21-7-5-6-12-24-21/h5-14,20H,4H2,1-3H3,(H,26,29)/t20-/m0/s1. The molecule has 0 bridgehead atoms. The minimum atomic E-state index is -0.142. The molecule has 0 aliphatic rings. The van der Waals surface area contributed by atoms with E-state index in [1.165, 1.54) is 5.56 Å². The summed E-state index contributed by atoms with van der Waals surface area (Å²) < 4.78 is 1.70. The number of fused-ring (bicyclic) bond motifs is 1. The monoisotopic (exact) mass is 385 g/mol. The fourth-order valence-corrected chi connectivity index (χ4v) is 3.37. The van der Waals surface area contributed by atoms with E-state index >= 15 is 0 Å². The van der Waals surface area contributed by atoms with E-state index in [4.69, 9.17) is 0 Å². The number of benzene rings is 1. The summed E-state index contributed by atoms with van der Waals surface area (Å²) in [5.41, 5.74) is 4.30. The van der Waals surface area contributed by atoms with Gasteiger partial charge >= 0.3 is 0 Å². The second kappa shape index (κ2) is 7.83. The Hall–Kier alpha value is -3.54. The Morgan fingerprint density at radius 3 is 2.59 bits per heavy atom. The highest BCUT2D eigenvalue weighted by molar-refractivity contribution is 5.97. The molecule has 0 aliphatic heterocycles. The minimum absolute atomic E-state index is 0.0452. The van der Waals surface area contributed by atoms with E-state index in [-0.39, 0.29) is 11.9 Å². The van der Waals surface area contributed by atoms with Gasteiger partial charge in [0.2, 0.25) is 0 Å². The summed E-state index contributed by atoms with van der Waals surface area (Å²) in [4.78, 5) is 21.8. The van der Waals surface area contributed by atoms with Gasteiger partial charge in [0.15, 0.2) is 11.5 Å². The van der Waals surface area contributed by atoms with E-state index in [1.54, 1.807) is 17.1 Å². The maximum Gasteiger partial charge on any atom is 0.253 e. The van der Waals surface area contributed by atoms with Crippen molar-refractivity contribution in [3.8, 4) is 5.82 Å². The van der Waals surface area contributed by atoms with Crippen LogP contribution in [-0.4, -0.2) is 25.7 Å². The van der Waals surface area contributed by atoms with Crippen molar-refractivity contribution >= 4 is 16.9 Å². The number of carbonyl (C=O) groups is 1. The Labute approximate surface area is 169 Å². The van der Waals surface area contributed by atoms with Crippen molar-refractivity contribution in [1.29, 1.82) is 0 Å². The zero-order valence-corrected chi connectivity index (χ0v) is 16.8. The van der Waals surface area contributed by atoms with Crippen LogP contribution in [0.25, 0.3) is 16.9 Å². The molecule has 3 heterocycles. The molecule has 146 valence electrons. The van der Waals surface area contributed by atoms with Crippen LogP contribution in [0.3, 0.4) is 0 Å². The van der Waals surface area contributed by atoms with Crippen molar-refractivity contribution < 1.29 is 4.79 Å². The number of aromatic nitrogens is 4. The van der Waals surface area contributed by atoms with Gasteiger partial charge in [0.05, 0.1) is 17.3 Å². The smallest absolute Gasteiger partial charge is 0.253 e. The Morgan fingerprint density at radius 2 is 1.90 bits per heavy atom. The molecular weight excluding hydrogens is 362 g/mol. The molecule has 0 fully saturated rings. The second-order valence-corrected chi connectivity index (χ2v) is 7.13. The number of amides is 1. The molecule has 1 atom stereocenters. The van der Waals surface area contributed by atoms with Crippen LogP contribution in [0, 0.1) is 13.8 Å². The molecular formula is C23H23N5O. The van der Waals surface area contributed by atoms with E-state index in [0.29, 0.717) is 17.0 Å². The number of pyridine rings is 2. The Bertz CT molecular complexity index is 1150. The zero-order chi connectivity index (χ0) is 20.4. The van der Waals surface area contributed by atoms with Crippen LogP contribution in [-0.2, 0) is 0 Å². The number of rotatable bonds is 5. The number of carbonyl (C=O) groups excluding carboxylic acids is 1. The van der Waals surface area contributed by atoms with Crippen LogP contribution in [0.1, 0.15) is 46.6 Å². The maximum atomic E-state index is 12.9. The van der Waals surface area contributed by atoms with Crippen molar-refractivity contribution in [1.82, 2.24) is 25.1 Å². The predicted octanol–water partition coefficient (Wildman–Crippen LogP) is 4.31. The molecule has 6 heteroatoms. The lowest BCUT2D eigenvalue weighted by atomic mass is 10.0. The van der Waals surface area contributed by atoms with Crippen LogP contribution in [0.4, 0.5) is 0 Å².